The number of hydrogen-bond donors (Lipinski definition) is 2. The Bertz CT molecular complexity index is 1770. The highest BCUT2D eigenvalue weighted by molar-refractivity contribution is 7.92. The Hall–Kier alpha value is -4.06. The summed E-state index contributed by atoms with van der Waals surface area (Å²) in [6.45, 7) is 5.96. The summed E-state index contributed by atoms with van der Waals surface area (Å²) >= 11 is 0. The molecule has 0 radical (unpaired) electrons. The van der Waals surface area contributed by atoms with Crippen LogP contribution in [0, 0.1) is 6.92 Å². The maximum absolute atomic E-state index is 13.7. The van der Waals surface area contributed by atoms with Crippen LogP contribution in [0.15, 0.2) is 46.1 Å². The average molecular weight is 624 g/mol. The molecule has 4 aromatic rings. The number of aromatic amines is 1. The fourth-order valence-electron chi connectivity index (χ4n) is 5.65. The summed E-state index contributed by atoms with van der Waals surface area (Å²) in [5, 5.41) is 4.67. The number of nitrogens with one attached hydrogen (secondary N) is 2. The van der Waals surface area contributed by atoms with Crippen molar-refractivity contribution in [2.45, 2.75) is 89.6 Å². The van der Waals surface area contributed by atoms with Crippen molar-refractivity contribution in [1.29, 1.82) is 0 Å². The summed E-state index contributed by atoms with van der Waals surface area (Å²) in [4.78, 5) is 20.4. The molecule has 1 aliphatic carbocycles. The van der Waals surface area contributed by atoms with Gasteiger partial charge in [-0.25, -0.2) is 17.9 Å². The molecule has 1 saturated carbocycles. The van der Waals surface area contributed by atoms with Crippen LogP contribution in [0.5, 0.6) is 17.2 Å². The first-order valence-electron chi connectivity index (χ1n) is 15.4. The third-order valence-electron chi connectivity index (χ3n) is 7.79. The summed E-state index contributed by atoms with van der Waals surface area (Å²) in [5.74, 6) is 2.27. The van der Waals surface area contributed by atoms with E-state index in [0.29, 0.717) is 58.6 Å². The molecule has 1 aliphatic rings. The Kier molecular flexibility index (Phi) is 9.77. The van der Waals surface area contributed by atoms with E-state index in [2.05, 4.69) is 19.8 Å². The number of hydrogen-bond acceptors (Lipinski definition) is 8. The van der Waals surface area contributed by atoms with Gasteiger partial charge in [-0.2, -0.15) is 0 Å². The Labute approximate surface area is 258 Å². The quantitative estimate of drug-likeness (QED) is 0.206. The molecule has 0 atom stereocenters. The highest BCUT2D eigenvalue weighted by Gasteiger charge is 2.22. The topological polar surface area (TPSA) is 137 Å². The summed E-state index contributed by atoms with van der Waals surface area (Å²) in [7, 11) is -2.49. The zero-order valence-corrected chi connectivity index (χ0v) is 26.6. The van der Waals surface area contributed by atoms with Gasteiger partial charge >= 0.3 is 0 Å². The van der Waals surface area contributed by atoms with Gasteiger partial charge in [0.15, 0.2) is 22.8 Å². The van der Waals surface area contributed by atoms with Gasteiger partial charge in [0.1, 0.15) is 11.6 Å². The van der Waals surface area contributed by atoms with Crippen LogP contribution in [-0.4, -0.2) is 47.8 Å². The Morgan fingerprint density at radius 2 is 1.73 bits per heavy atom. The third kappa shape index (κ3) is 6.85. The number of aromatic nitrogens is 4. The van der Waals surface area contributed by atoms with Crippen LogP contribution in [0.2, 0.25) is 0 Å². The smallest absolute Gasteiger partial charge is 0.277 e. The number of methoxy groups -OCH3 is 1. The number of imidazole rings is 1. The number of anilines is 1. The number of H-pyrrole nitrogens is 1. The van der Waals surface area contributed by atoms with Gasteiger partial charge in [0.05, 0.1) is 41.7 Å². The van der Waals surface area contributed by atoms with Gasteiger partial charge in [0, 0.05) is 12.5 Å². The molecular weight excluding hydrogens is 582 g/mol. The predicted octanol–water partition coefficient (Wildman–Crippen LogP) is 6.05. The summed E-state index contributed by atoms with van der Waals surface area (Å²) < 4.78 is 49.3. The number of benzene rings is 2. The predicted molar refractivity (Wildman–Crippen MR) is 169 cm³/mol. The fourth-order valence-corrected chi connectivity index (χ4v) is 6.72. The first-order valence-corrected chi connectivity index (χ1v) is 16.9. The second-order valence-corrected chi connectivity index (χ2v) is 12.8. The highest BCUT2D eigenvalue weighted by atomic mass is 32.2. The molecule has 12 heteroatoms. The summed E-state index contributed by atoms with van der Waals surface area (Å²) in [6.07, 6.45) is 9.27. The average Bonchev–Trinajstić information content (AvgIpc) is 3.30. The van der Waals surface area contributed by atoms with E-state index in [-0.39, 0.29) is 22.4 Å². The molecule has 0 saturated heterocycles. The van der Waals surface area contributed by atoms with Crippen LogP contribution in [0.25, 0.3) is 16.9 Å². The van der Waals surface area contributed by atoms with E-state index in [1.54, 1.807) is 38.3 Å². The standard InChI is InChI=1S/C32H41N5O6S/c1-5-12-29-33-21(3)30-32(38)34-31(35-37(29)30)25-20-24(16-18-26(25)42-6-2)44(39,40)36-22-15-17-27(41-4)28(19-22)43-23-13-10-8-7-9-11-14-23/h15-20,23,36H,5-14H2,1-4H3,(H,34,35,38). The minimum absolute atomic E-state index is 0.0207. The molecule has 0 unspecified atom stereocenters. The number of sulfonamides is 1. The SMILES string of the molecule is CCCc1nc(C)c2c(=O)[nH]c(-c3cc(S(=O)(=O)Nc4ccc(OC)c(OC5CCCCCCC5)c4)ccc3OCC)nn12. The first kappa shape index (κ1) is 31.4. The lowest BCUT2D eigenvalue weighted by Crippen LogP contribution is -2.18. The Morgan fingerprint density at radius 3 is 2.43 bits per heavy atom. The molecule has 11 nitrogen and oxygen atoms in total. The van der Waals surface area contributed by atoms with Crippen LogP contribution in [0.1, 0.15) is 76.7 Å². The molecule has 5 rings (SSSR count). The van der Waals surface area contributed by atoms with E-state index in [4.69, 9.17) is 14.2 Å². The van der Waals surface area contributed by atoms with Crippen molar-refractivity contribution in [1.82, 2.24) is 19.6 Å². The molecule has 0 aliphatic heterocycles. The second kappa shape index (κ2) is 13.7. The maximum Gasteiger partial charge on any atom is 0.277 e. The van der Waals surface area contributed by atoms with Crippen LogP contribution in [0.4, 0.5) is 5.69 Å². The Morgan fingerprint density at radius 1 is 1.00 bits per heavy atom. The van der Waals surface area contributed by atoms with Gasteiger partial charge < -0.3 is 19.2 Å². The van der Waals surface area contributed by atoms with Gasteiger partial charge in [-0.3, -0.25) is 9.52 Å². The molecule has 2 N–H and O–H groups in total. The highest BCUT2D eigenvalue weighted by Crippen LogP contribution is 2.35. The molecule has 1 fully saturated rings. The van der Waals surface area contributed by atoms with E-state index >= 15 is 0 Å². The monoisotopic (exact) mass is 623 g/mol. The van der Waals surface area contributed by atoms with Gasteiger partial charge in [-0.05, 0) is 76.3 Å². The van der Waals surface area contributed by atoms with E-state index < -0.39 is 10.0 Å². The minimum atomic E-state index is -4.06. The fraction of sp³-hybridized carbons (Fsp3) is 0.469. The van der Waals surface area contributed by atoms with Crippen LogP contribution in [-0.2, 0) is 16.4 Å². The molecule has 0 spiro atoms. The molecule has 44 heavy (non-hydrogen) atoms. The van der Waals surface area contributed by atoms with Gasteiger partial charge in [0.25, 0.3) is 15.6 Å². The van der Waals surface area contributed by atoms with Crippen molar-refractivity contribution in [2.75, 3.05) is 18.4 Å². The lowest BCUT2D eigenvalue weighted by Gasteiger charge is -2.23. The van der Waals surface area contributed by atoms with Crippen molar-refractivity contribution >= 4 is 21.2 Å². The number of fused-ring (bicyclic) bond motifs is 1. The molecule has 2 aromatic heterocycles. The van der Waals surface area contributed by atoms with Crippen molar-refractivity contribution in [3.05, 3.63) is 58.3 Å². The number of aryl methyl sites for hydroxylation is 2. The molecule has 0 amide bonds. The summed E-state index contributed by atoms with van der Waals surface area (Å²) in [5.41, 5.74) is 1.25. The lowest BCUT2D eigenvalue weighted by atomic mass is 9.98. The van der Waals surface area contributed by atoms with Crippen LogP contribution >= 0.6 is 0 Å². The second-order valence-electron chi connectivity index (χ2n) is 11.1. The molecule has 236 valence electrons. The molecular formula is C32H41N5O6S. The van der Waals surface area contributed by atoms with Crippen LogP contribution in [0.3, 0.4) is 0 Å². The summed E-state index contributed by atoms with van der Waals surface area (Å²) in [6, 6.07) is 9.49. The first-order chi connectivity index (χ1) is 21.2. The van der Waals surface area contributed by atoms with Gasteiger partial charge in [0.2, 0.25) is 0 Å². The normalized spacial score (nSPS) is 14.6. The zero-order valence-electron chi connectivity index (χ0n) is 25.8. The lowest BCUT2D eigenvalue weighted by molar-refractivity contribution is 0.161. The molecule has 2 aromatic carbocycles. The van der Waals surface area contributed by atoms with E-state index in [9.17, 15) is 13.2 Å². The van der Waals surface area contributed by atoms with Crippen LogP contribution < -0.4 is 24.5 Å². The van der Waals surface area contributed by atoms with Gasteiger partial charge in [-0.1, -0.05) is 26.2 Å². The zero-order chi connectivity index (χ0) is 31.3. The van der Waals surface area contributed by atoms with Crippen molar-refractivity contribution in [3.8, 4) is 28.6 Å². The van der Waals surface area contributed by atoms with E-state index in [1.165, 1.54) is 35.9 Å². The van der Waals surface area contributed by atoms with E-state index in [0.717, 1.165) is 32.1 Å². The van der Waals surface area contributed by atoms with Crippen molar-refractivity contribution in [2.24, 2.45) is 0 Å². The largest absolute Gasteiger partial charge is 0.493 e. The van der Waals surface area contributed by atoms with E-state index in [1.807, 2.05) is 13.8 Å². The Balaban J connectivity index is 1.49. The van der Waals surface area contributed by atoms with Crippen molar-refractivity contribution < 1.29 is 22.6 Å². The maximum atomic E-state index is 13.7. The third-order valence-corrected chi connectivity index (χ3v) is 9.17. The minimum Gasteiger partial charge on any atom is -0.493 e. The number of ether oxygens (including phenoxy) is 3. The number of rotatable bonds is 11. The van der Waals surface area contributed by atoms with Crippen molar-refractivity contribution in [3.63, 3.8) is 0 Å². The van der Waals surface area contributed by atoms with Gasteiger partial charge in [-0.15, -0.1) is 5.10 Å². The molecule has 0 bridgehead atoms. The number of nitrogens with zero attached hydrogens (tertiary/aromatic N) is 3. The molecule has 2 heterocycles.